The zero-order valence-corrected chi connectivity index (χ0v) is 13.8. The molecule has 130 valence electrons. The van der Waals surface area contributed by atoms with Crippen molar-refractivity contribution >= 4 is 34.2 Å². The standard InChI is InChI=1S/C20H16N2O4/c23-18-11-14(12-22(18)16-4-2-1-3-5-16)20(25)21-15-7-8-17-13(10-15)6-9-19(24)26-17/h1-10,14H,11-12H2,(H,21,25)/t14-/m1/s1. The van der Waals surface area contributed by atoms with Gasteiger partial charge in [-0.3, -0.25) is 9.59 Å². The number of hydrogen-bond donors (Lipinski definition) is 1. The Morgan fingerprint density at radius 3 is 2.65 bits per heavy atom. The average molecular weight is 348 g/mol. The monoisotopic (exact) mass is 348 g/mol. The summed E-state index contributed by atoms with van der Waals surface area (Å²) in [5.41, 5.74) is 1.44. The van der Waals surface area contributed by atoms with Crippen molar-refractivity contribution in [2.75, 3.05) is 16.8 Å². The molecule has 1 fully saturated rings. The van der Waals surface area contributed by atoms with Crippen LogP contribution in [-0.4, -0.2) is 18.4 Å². The van der Waals surface area contributed by atoms with Gasteiger partial charge in [0.05, 0.1) is 5.92 Å². The lowest BCUT2D eigenvalue weighted by molar-refractivity contribution is -0.122. The molecular weight excluding hydrogens is 332 g/mol. The van der Waals surface area contributed by atoms with Crippen LogP contribution < -0.4 is 15.8 Å². The fraction of sp³-hybridized carbons (Fsp3) is 0.150. The second kappa shape index (κ2) is 6.48. The Morgan fingerprint density at radius 1 is 1.04 bits per heavy atom. The molecule has 26 heavy (non-hydrogen) atoms. The minimum atomic E-state index is -0.417. The Kier molecular flexibility index (Phi) is 4.01. The van der Waals surface area contributed by atoms with Crippen LogP contribution in [0.25, 0.3) is 11.0 Å². The molecule has 0 spiro atoms. The van der Waals surface area contributed by atoms with Crippen molar-refractivity contribution in [3.63, 3.8) is 0 Å². The minimum Gasteiger partial charge on any atom is -0.423 e. The maximum absolute atomic E-state index is 12.6. The van der Waals surface area contributed by atoms with Gasteiger partial charge >= 0.3 is 5.63 Å². The molecule has 2 heterocycles. The van der Waals surface area contributed by atoms with Crippen molar-refractivity contribution in [2.24, 2.45) is 5.92 Å². The Labute approximate surface area is 149 Å². The number of benzene rings is 2. The second-order valence-electron chi connectivity index (χ2n) is 6.24. The number of para-hydroxylation sites is 1. The van der Waals surface area contributed by atoms with Crippen molar-refractivity contribution in [1.82, 2.24) is 0 Å². The number of anilines is 2. The molecule has 0 aliphatic carbocycles. The smallest absolute Gasteiger partial charge is 0.336 e. The summed E-state index contributed by atoms with van der Waals surface area (Å²) in [6.07, 6.45) is 0.184. The SMILES string of the molecule is O=C(Nc1ccc2oc(=O)ccc2c1)[C@@H]1CC(=O)N(c2ccccc2)C1. The quantitative estimate of drug-likeness (QED) is 0.738. The van der Waals surface area contributed by atoms with Crippen LogP contribution in [-0.2, 0) is 9.59 Å². The molecule has 2 amide bonds. The number of hydrogen-bond acceptors (Lipinski definition) is 4. The largest absolute Gasteiger partial charge is 0.423 e. The van der Waals surface area contributed by atoms with Crippen molar-refractivity contribution in [3.05, 3.63) is 71.1 Å². The van der Waals surface area contributed by atoms with Gasteiger partial charge in [-0.2, -0.15) is 0 Å². The van der Waals surface area contributed by atoms with E-state index in [1.165, 1.54) is 6.07 Å². The molecule has 0 bridgehead atoms. The van der Waals surface area contributed by atoms with E-state index in [1.54, 1.807) is 29.2 Å². The zero-order valence-electron chi connectivity index (χ0n) is 13.8. The number of amides is 2. The van der Waals surface area contributed by atoms with Crippen LogP contribution in [0.5, 0.6) is 0 Å². The molecule has 1 atom stereocenters. The summed E-state index contributed by atoms with van der Waals surface area (Å²) in [4.78, 5) is 37.7. The van der Waals surface area contributed by atoms with Gasteiger partial charge in [-0.15, -0.1) is 0 Å². The Balaban J connectivity index is 1.49. The van der Waals surface area contributed by atoms with E-state index in [9.17, 15) is 14.4 Å². The van der Waals surface area contributed by atoms with E-state index in [4.69, 9.17) is 4.42 Å². The van der Waals surface area contributed by atoms with E-state index in [1.807, 2.05) is 30.3 Å². The van der Waals surface area contributed by atoms with Crippen LogP contribution in [0.2, 0.25) is 0 Å². The summed E-state index contributed by atoms with van der Waals surface area (Å²) in [5.74, 6) is -0.669. The number of nitrogens with one attached hydrogen (secondary N) is 1. The zero-order chi connectivity index (χ0) is 18.1. The third-order valence-electron chi connectivity index (χ3n) is 4.45. The van der Waals surface area contributed by atoms with Gasteiger partial charge in [0.1, 0.15) is 5.58 Å². The van der Waals surface area contributed by atoms with Gasteiger partial charge < -0.3 is 14.6 Å². The van der Waals surface area contributed by atoms with Gasteiger partial charge in [-0.1, -0.05) is 18.2 Å². The van der Waals surface area contributed by atoms with Crippen LogP contribution in [0.3, 0.4) is 0 Å². The molecule has 6 heteroatoms. The second-order valence-corrected chi connectivity index (χ2v) is 6.24. The van der Waals surface area contributed by atoms with Crippen molar-refractivity contribution in [3.8, 4) is 0 Å². The van der Waals surface area contributed by atoms with Gasteiger partial charge in [0, 0.05) is 35.8 Å². The van der Waals surface area contributed by atoms with Gasteiger partial charge in [0.25, 0.3) is 0 Å². The predicted molar refractivity (Wildman–Crippen MR) is 98.0 cm³/mol. The Hall–Kier alpha value is -3.41. The fourth-order valence-electron chi connectivity index (χ4n) is 3.13. The first-order chi connectivity index (χ1) is 12.6. The average Bonchev–Trinajstić information content (AvgIpc) is 3.04. The first-order valence-corrected chi connectivity index (χ1v) is 8.30. The molecule has 0 radical (unpaired) electrons. The number of carbonyl (C=O) groups is 2. The first-order valence-electron chi connectivity index (χ1n) is 8.30. The minimum absolute atomic E-state index is 0.0587. The van der Waals surface area contributed by atoms with Crippen LogP contribution in [0.1, 0.15) is 6.42 Å². The number of nitrogens with zero attached hydrogens (tertiary/aromatic N) is 1. The lowest BCUT2D eigenvalue weighted by Gasteiger charge is -2.16. The van der Waals surface area contributed by atoms with E-state index >= 15 is 0 Å². The van der Waals surface area contributed by atoms with E-state index in [0.717, 1.165) is 11.1 Å². The van der Waals surface area contributed by atoms with Crippen LogP contribution in [0, 0.1) is 5.92 Å². The summed E-state index contributed by atoms with van der Waals surface area (Å²) < 4.78 is 5.08. The van der Waals surface area contributed by atoms with Crippen LogP contribution in [0.4, 0.5) is 11.4 Å². The fourth-order valence-corrected chi connectivity index (χ4v) is 3.13. The normalized spacial score (nSPS) is 16.8. The van der Waals surface area contributed by atoms with E-state index < -0.39 is 11.5 Å². The Bertz CT molecular complexity index is 1040. The third-order valence-corrected chi connectivity index (χ3v) is 4.45. The van der Waals surface area contributed by atoms with Gasteiger partial charge in [0.2, 0.25) is 11.8 Å². The van der Waals surface area contributed by atoms with Crippen LogP contribution in [0.15, 0.2) is 69.9 Å². The highest BCUT2D eigenvalue weighted by Gasteiger charge is 2.35. The molecule has 1 aliphatic rings. The number of fused-ring (bicyclic) bond motifs is 1. The molecule has 1 aliphatic heterocycles. The number of carbonyl (C=O) groups excluding carboxylic acids is 2. The lowest BCUT2D eigenvalue weighted by Crippen LogP contribution is -2.28. The molecule has 6 nitrogen and oxygen atoms in total. The van der Waals surface area contributed by atoms with E-state index in [2.05, 4.69) is 5.32 Å². The summed E-state index contributed by atoms with van der Waals surface area (Å²) >= 11 is 0. The maximum Gasteiger partial charge on any atom is 0.336 e. The lowest BCUT2D eigenvalue weighted by atomic mass is 10.1. The molecular formula is C20H16N2O4. The molecule has 1 N–H and O–H groups in total. The molecule has 0 unspecified atom stereocenters. The molecule has 3 aromatic rings. The van der Waals surface area contributed by atoms with Crippen LogP contribution >= 0.6 is 0 Å². The van der Waals surface area contributed by atoms with Crippen molar-refractivity contribution in [1.29, 1.82) is 0 Å². The summed E-state index contributed by atoms with van der Waals surface area (Å²) in [6, 6.07) is 17.4. The molecule has 4 rings (SSSR count). The van der Waals surface area contributed by atoms with Gasteiger partial charge in [-0.05, 0) is 36.4 Å². The Morgan fingerprint density at radius 2 is 1.85 bits per heavy atom. The number of rotatable bonds is 3. The highest BCUT2D eigenvalue weighted by Crippen LogP contribution is 2.26. The topological polar surface area (TPSA) is 79.6 Å². The summed E-state index contributed by atoms with van der Waals surface area (Å²) in [7, 11) is 0. The van der Waals surface area contributed by atoms with Crippen molar-refractivity contribution in [2.45, 2.75) is 6.42 Å². The third kappa shape index (κ3) is 3.09. The predicted octanol–water partition coefficient (Wildman–Crippen LogP) is 2.78. The van der Waals surface area contributed by atoms with Crippen molar-refractivity contribution < 1.29 is 14.0 Å². The van der Waals surface area contributed by atoms with Gasteiger partial charge in [0.15, 0.2) is 0 Å². The van der Waals surface area contributed by atoms with Gasteiger partial charge in [-0.25, -0.2) is 4.79 Å². The maximum atomic E-state index is 12.6. The molecule has 1 aromatic heterocycles. The molecule has 0 saturated carbocycles. The first kappa shape index (κ1) is 16.1. The molecule has 2 aromatic carbocycles. The van der Waals surface area contributed by atoms with E-state index in [-0.39, 0.29) is 18.2 Å². The highest BCUT2D eigenvalue weighted by atomic mass is 16.4. The highest BCUT2D eigenvalue weighted by molar-refractivity contribution is 6.03. The summed E-state index contributed by atoms with van der Waals surface area (Å²) in [6.45, 7) is 0.358. The summed E-state index contributed by atoms with van der Waals surface area (Å²) in [5, 5.41) is 3.56. The molecule has 1 saturated heterocycles. The van der Waals surface area contributed by atoms with E-state index in [0.29, 0.717) is 17.8 Å².